The zero-order valence-corrected chi connectivity index (χ0v) is 9.11. The Morgan fingerprint density at radius 2 is 2.12 bits per heavy atom. The number of anilines is 1. The molecule has 0 aromatic carbocycles. The van der Waals surface area contributed by atoms with Crippen molar-refractivity contribution in [2.75, 3.05) is 5.73 Å². The third-order valence-corrected chi connectivity index (χ3v) is 2.46. The minimum Gasteiger partial charge on any atom is -0.383 e. The number of aryl methyl sites for hydroxylation is 1. The van der Waals surface area contributed by atoms with Crippen LogP contribution in [0.5, 0.6) is 0 Å². The number of aromatic nitrogens is 3. The summed E-state index contributed by atoms with van der Waals surface area (Å²) in [5.74, 6) is 0.739. The molecule has 5 nitrogen and oxygen atoms in total. The molecule has 2 aromatic rings. The highest BCUT2D eigenvalue weighted by molar-refractivity contribution is 5.60. The van der Waals surface area contributed by atoms with Gasteiger partial charge in [-0.3, -0.25) is 9.78 Å². The summed E-state index contributed by atoms with van der Waals surface area (Å²) in [6.07, 6.45) is 3.36. The second kappa shape index (κ2) is 3.77. The van der Waals surface area contributed by atoms with Crippen LogP contribution in [0, 0.1) is 13.8 Å². The van der Waals surface area contributed by atoms with Gasteiger partial charge in [0.15, 0.2) is 0 Å². The lowest BCUT2D eigenvalue weighted by molar-refractivity contribution is 1.09. The van der Waals surface area contributed by atoms with Gasteiger partial charge in [0.05, 0.1) is 5.56 Å². The topological polar surface area (TPSA) is 84.7 Å². The van der Waals surface area contributed by atoms with Gasteiger partial charge in [-0.05, 0) is 25.5 Å². The fourth-order valence-corrected chi connectivity index (χ4v) is 1.42. The predicted molar refractivity (Wildman–Crippen MR) is 62.0 cm³/mol. The quantitative estimate of drug-likeness (QED) is 0.745. The number of nitrogens with one attached hydrogen (secondary N) is 1. The van der Waals surface area contributed by atoms with E-state index < -0.39 is 0 Å². The van der Waals surface area contributed by atoms with E-state index in [1.54, 1.807) is 25.4 Å². The molecule has 0 aliphatic carbocycles. The standard InChI is InChI=1S/C11H12N4O/c1-6-5-13-4-3-8(6)10-14-9(12)7(2)11(16)15-10/h3-5H,1-2H3,(H3,12,14,15,16). The molecule has 0 saturated carbocycles. The highest BCUT2D eigenvalue weighted by Crippen LogP contribution is 2.18. The molecule has 0 radical (unpaired) electrons. The fourth-order valence-electron chi connectivity index (χ4n) is 1.42. The van der Waals surface area contributed by atoms with E-state index in [2.05, 4.69) is 15.0 Å². The molecule has 2 heterocycles. The lowest BCUT2D eigenvalue weighted by Crippen LogP contribution is -2.15. The van der Waals surface area contributed by atoms with Crippen molar-refractivity contribution < 1.29 is 0 Å². The zero-order chi connectivity index (χ0) is 11.7. The normalized spacial score (nSPS) is 10.4. The number of aromatic amines is 1. The number of hydrogen-bond acceptors (Lipinski definition) is 4. The number of nitrogen functional groups attached to an aromatic ring is 1. The van der Waals surface area contributed by atoms with Gasteiger partial charge >= 0.3 is 0 Å². The van der Waals surface area contributed by atoms with Gasteiger partial charge in [0, 0.05) is 18.0 Å². The Bertz CT molecular complexity index is 589. The molecular weight excluding hydrogens is 204 g/mol. The maximum Gasteiger partial charge on any atom is 0.256 e. The summed E-state index contributed by atoms with van der Waals surface area (Å²) in [5, 5.41) is 0. The van der Waals surface area contributed by atoms with Crippen molar-refractivity contribution >= 4 is 5.82 Å². The van der Waals surface area contributed by atoms with E-state index in [1.807, 2.05) is 6.92 Å². The molecule has 82 valence electrons. The molecule has 16 heavy (non-hydrogen) atoms. The SMILES string of the molecule is Cc1cnccc1-c1nc(N)c(C)c(=O)[nH]1. The van der Waals surface area contributed by atoms with Crippen molar-refractivity contribution in [1.82, 2.24) is 15.0 Å². The van der Waals surface area contributed by atoms with E-state index >= 15 is 0 Å². The maximum atomic E-state index is 11.6. The molecule has 0 amide bonds. The Labute approximate surface area is 92.4 Å². The molecule has 0 atom stereocenters. The van der Waals surface area contributed by atoms with Crippen molar-refractivity contribution in [3.8, 4) is 11.4 Å². The molecule has 5 heteroatoms. The fraction of sp³-hybridized carbons (Fsp3) is 0.182. The van der Waals surface area contributed by atoms with Crippen LogP contribution in [0.4, 0.5) is 5.82 Å². The summed E-state index contributed by atoms with van der Waals surface area (Å²) in [6, 6.07) is 1.79. The van der Waals surface area contributed by atoms with Crippen molar-refractivity contribution in [3.63, 3.8) is 0 Å². The van der Waals surface area contributed by atoms with Crippen molar-refractivity contribution in [2.45, 2.75) is 13.8 Å². The monoisotopic (exact) mass is 216 g/mol. The third-order valence-electron chi connectivity index (χ3n) is 2.46. The minimum absolute atomic E-state index is 0.210. The Kier molecular flexibility index (Phi) is 2.44. The molecule has 2 aromatic heterocycles. The first-order valence-electron chi connectivity index (χ1n) is 4.87. The number of rotatable bonds is 1. The molecule has 0 fully saturated rings. The molecule has 0 bridgehead atoms. The molecule has 0 saturated heterocycles. The van der Waals surface area contributed by atoms with Crippen LogP contribution in [0.15, 0.2) is 23.3 Å². The summed E-state index contributed by atoms with van der Waals surface area (Å²) in [7, 11) is 0. The van der Waals surface area contributed by atoms with Crippen LogP contribution in [0.1, 0.15) is 11.1 Å². The van der Waals surface area contributed by atoms with Crippen LogP contribution >= 0.6 is 0 Å². The van der Waals surface area contributed by atoms with Crippen LogP contribution < -0.4 is 11.3 Å². The van der Waals surface area contributed by atoms with Crippen LogP contribution in [0.25, 0.3) is 11.4 Å². The summed E-state index contributed by atoms with van der Waals surface area (Å²) >= 11 is 0. The van der Waals surface area contributed by atoms with Crippen LogP contribution in [-0.4, -0.2) is 15.0 Å². The first-order valence-corrected chi connectivity index (χ1v) is 4.87. The van der Waals surface area contributed by atoms with Crippen LogP contribution in [0.3, 0.4) is 0 Å². The van der Waals surface area contributed by atoms with Gasteiger partial charge in [0.2, 0.25) is 0 Å². The Hall–Kier alpha value is -2.17. The number of nitrogens with zero attached hydrogens (tertiary/aromatic N) is 2. The first kappa shape index (κ1) is 10.4. The van der Waals surface area contributed by atoms with Gasteiger partial charge in [-0.2, -0.15) is 0 Å². The largest absolute Gasteiger partial charge is 0.383 e. The van der Waals surface area contributed by atoms with Crippen molar-refractivity contribution in [2.24, 2.45) is 0 Å². The van der Waals surface area contributed by atoms with Crippen molar-refractivity contribution in [1.29, 1.82) is 0 Å². The maximum absolute atomic E-state index is 11.6. The Balaban J connectivity index is 2.67. The smallest absolute Gasteiger partial charge is 0.256 e. The van der Waals surface area contributed by atoms with E-state index in [0.29, 0.717) is 11.4 Å². The van der Waals surface area contributed by atoms with Gasteiger partial charge in [0.1, 0.15) is 11.6 Å². The van der Waals surface area contributed by atoms with Crippen molar-refractivity contribution in [3.05, 3.63) is 39.9 Å². The molecule has 0 aliphatic rings. The van der Waals surface area contributed by atoms with E-state index in [9.17, 15) is 4.79 Å². The number of hydrogen-bond donors (Lipinski definition) is 2. The van der Waals surface area contributed by atoms with E-state index in [4.69, 9.17) is 5.73 Å². The average molecular weight is 216 g/mol. The van der Waals surface area contributed by atoms with E-state index in [-0.39, 0.29) is 11.4 Å². The Morgan fingerprint density at radius 3 is 2.75 bits per heavy atom. The Morgan fingerprint density at radius 1 is 1.38 bits per heavy atom. The highest BCUT2D eigenvalue weighted by Gasteiger charge is 2.08. The lowest BCUT2D eigenvalue weighted by atomic mass is 10.1. The van der Waals surface area contributed by atoms with Gasteiger partial charge in [-0.25, -0.2) is 4.98 Å². The lowest BCUT2D eigenvalue weighted by Gasteiger charge is -2.06. The van der Waals surface area contributed by atoms with Gasteiger partial charge in [-0.15, -0.1) is 0 Å². The highest BCUT2D eigenvalue weighted by atomic mass is 16.1. The first-order chi connectivity index (χ1) is 7.59. The summed E-state index contributed by atoms with van der Waals surface area (Å²) < 4.78 is 0. The number of nitrogens with two attached hydrogens (primary N) is 1. The third kappa shape index (κ3) is 1.67. The molecule has 3 N–H and O–H groups in total. The predicted octanol–water partition coefficient (Wildman–Crippen LogP) is 1.03. The minimum atomic E-state index is -0.210. The summed E-state index contributed by atoms with van der Waals surface area (Å²) in [5.41, 5.74) is 7.66. The van der Waals surface area contributed by atoms with Gasteiger partial charge in [-0.1, -0.05) is 0 Å². The molecule has 0 spiro atoms. The second-order valence-corrected chi connectivity index (χ2v) is 3.62. The average Bonchev–Trinajstić information content (AvgIpc) is 2.26. The van der Waals surface area contributed by atoms with Crippen LogP contribution in [0.2, 0.25) is 0 Å². The van der Waals surface area contributed by atoms with E-state index in [0.717, 1.165) is 11.1 Å². The zero-order valence-electron chi connectivity index (χ0n) is 9.11. The van der Waals surface area contributed by atoms with Gasteiger partial charge < -0.3 is 10.7 Å². The molecular formula is C11H12N4O. The van der Waals surface area contributed by atoms with Crippen LogP contribution in [-0.2, 0) is 0 Å². The number of pyridine rings is 1. The molecule has 2 rings (SSSR count). The molecule has 0 aliphatic heterocycles. The second-order valence-electron chi connectivity index (χ2n) is 3.62. The number of H-pyrrole nitrogens is 1. The molecule has 0 unspecified atom stereocenters. The van der Waals surface area contributed by atoms with E-state index in [1.165, 1.54) is 0 Å². The van der Waals surface area contributed by atoms with Gasteiger partial charge in [0.25, 0.3) is 5.56 Å². The summed E-state index contributed by atoms with van der Waals surface area (Å²) in [6.45, 7) is 3.54. The summed E-state index contributed by atoms with van der Waals surface area (Å²) in [4.78, 5) is 22.4.